The molecule has 3 rings (SSSR count). The number of nitrogens with zero attached hydrogens (tertiary/aromatic N) is 1. The number of benzene rings is 2. The van der Waals surface area contributed by atoms with E-state index in [1.807, 2.05) is 24.3 Å². The number of rotatable bonds is 2. The fraction of sp³-hybridized carbons (Fsp3) is 0.188. The quantitative estimate of drug-likeness (QED) is 0.919. The number of hydrogen-bond acceptors (Lipinski definition) is 4. The van der Waals surface area contributed by atoms with Gasteiger partial charge in [-0.15, -0.1) is 11.8 Å². The van der Waals surface area contributed by atoms with Crippen molar-refractivity contribution in [2.45, 2.75) is 16.2 Å². The van der Waals surface area contributed by atoms with Crippen LogP contribution in [0.2, 0.25) is 0 Å². The summed E-state index contributed by atoms with van der Waals surface area (Å²) in [6.07, 6.45) is 0.683. The van der Waals surface area contributed by atoms with E-state index in [4.69, 9.17) is 4.74 Å². The molecule has 1 N–H and O–H groups in total. The van der Waals surface area contributed by atoms with Gasteiger partial charge in [-0.2, -0.15) is 0 Å². The van der Waals surface area contributed by atoms with Gasteiger partial charge >= 0.3 is 0 Å². The molecule has 21 heavy (non-hydrogen) atoms. The van der Waals surface area contributed by atoms with Crippen molar-refractivity contribution < 1.29 is 14.2 Å². The van der Waals surface area contributed by atoms with E-state index >= 15 is 0 Å². The third kappa shape index (κ3) is 2.80. The number of aliphatic imine (C=N–C) groups is 1. The molecule has 108 valence electrons. The third-order valence-corrected chi connectivity index (χ3v) is 4.76. The van der Waals surface area contributed by atoms with Crippen LogP contribution < -0.4 is 4.74 Å². The van der Waals surface area contributed by atoms with Crippen molar-refractivity contribution in [3.8, 4) is 5.75 Å². The summed E-state index contributed by atoms with van der Waals surface area (Å²) >= 11 is 1.29. The van der Waals surface area contributed by atoms with Crippen LogP contribution in [0.4, 0.5) is 10.1 Å². The maximum absolute atomic E-state index is 14.0. The Bertz CT molecular complexity index is 672. The number of aliphatic hydroxyl groups is 1. The van der Waals surface area contributed by atoms with E-state index in [0.29, 0.717) is 10.6 Å². The van der Waals surface area contributed by atoms with Crippen molar-refractivity contribution in [2.75, 3.05) is 7.11 Å². The van der Waals surface area contributed by atoms with Crippen molar-refractivity contribution in [3.05, 3.63) is 53.8 Å². The average molecular weight is 303 g/mol. The average Bonchev–Trinajstić information content (AvgIpc) is 2.68. The highest BCUT2D eigenvalue weighted by Crippen LogP contribution is 2.45. The minimum atomic E-state index is -0.782. The lowest BCUT2D eigenvalue weighted by atomic mass is 10.1. The van der Waals surface area contributed by atoms with Crippen molar-refractivity contribution >= 4 is 23.7 Å². The van der Waals surface area contributed by atoms with E-state index in [2.05, 4.69) is 4.99 Å². The van der Waals surface area contributed by atoms with Crippen LogP contribution in [0.5, 0.6) is 5.75 Å². The lowest BCUT2D eigenvalue weighted by Gasteiger charge is -2.19. The van der Waals surface area contributed by atoms with Gasteiger partial charge in [-0.25, -0.2) is 4.39 Å². The summed E-state index contributed by atoms with van der Waals surface area (Å²) < 4.78 is 19.1. The topological polar surface area (TPSA) is 41.8 Å². The Balaban J connectivity index is 1.98. The third-order valence-electron chi connectivity index (χ3n) is 3.31. The van der Waals surface area contributed by atoms with Crippen molar-refractivity contribution in [3.63, 3.8) is 0 Å². The first kappa shape index (κ1) is 14.1. The second-order valence-electron chi connectivity index (χ2n) is 4.67. The van der Waals surface area contributed by atoms with Gasteiger partial charge in [-0.05, 0) is 29.8 Å². The summed E-state index contributed by atoms with van der Waals surface area (Å²) in [6.45, 7) is 0. The van der Waals surface area contributed by atoms with Gasteiger partial charge in [0.05, 0.1) is 22.9 Å². The monoisotopic (exact) mass is 303 g/mol. The Hall–Kier alpha value is -1.85. The van der Waals surface area contributed by atoms with Crippen molar-refractivity contribution in [2.24, 2.45) is 4.99 Å². The van der Waals surface area contributed by atoms with E-state index in [9.17, 15) is 9.50 Å². The number of halogens is 1. The first-order valence-electron chi connectivity index (χ1n) is 6.50. The number of methoxy groups -OCH3 is 1. The molecule has 2 aromatic carbocycles. The summed E-state index contributed by atoms with van der Waals surface area (Å²) in [6, 6.07) is 12.2. The smallest absolute Gasteiger partial charge is 0.138 e. The molecule has 2 aromatic rings. The maximum Gasteiger partial charge on any atom is 0.138 e. The van der Waals surface area contributed by atoms with Gasteiger partial charge in [-0.3, -0.25) is 4.99 Å². The molecule has 0 amide bonds. The molecule has 2 atom stereocenters. The molecule has 1 heterocycles. The molecule has 0 radical (unpaired) electrons. The molecular formula is C16H14FNO2S. The predicted molar refractivity (Wildman–Crippen MR) is 82.2 cm³/mol. The highest BCUT2D eigenvalue weighted by Gasteiger charge is 2.26. The molecule has 0 aromatic heterocycles. The molecule has 1 aliphatic rings. The zero-order chi connectivity index (χ0) is 14.8. The summed E-state index contributed by atoms with van der Waals surface area (Å²) in [7, 11) is 1.60. The summed E-state index contributed by atoms with van der Waals surface area (Å²) in [4.78, 5) is 4.64. The lowest BCUT2D eigenvalue weighted by Crippen LogP contribution is -2.16. The molecule has 0 aliphatic carbocycles. The molecule has 0 fully saturated rings. The molecule has 0 saturated heterocycles. The van der Waals surface area contributed by atoms with Crippen molar-refractivity contribution in [1.82, 2.24) is 0 Å². The normalized spacial score (nSPS) is 20.7. The second-order valence-corrected chi connectivity index (χ2v) is 5.82. The van der Waals surface area contributed by atoms with Crippen LogP contribution in [0, 0.1) is 5.82 Å². The highest BCUT2D eigenvalue weighted by molar-refractivity contribution is 7.99. The maximum atomic E-state index is 14.0. The van der Waals surface area contributed by atoms with Crippen LogP contribution in [0.1, 0.15) is 10.8 Å². The molecule has 5 heteroatoms. The number of hydrogen-bond donors (Lipinski definition) is 1. The Labute approximate surface area is 126 Å². The van der Waals surface area contributed by atoms with Gasteiger partial charge in [0.1, 0.15) is 17.7 Å². The number of ether oxygens (including phenoxy) is 1. The number of fused-ring (bicyclic) bond motifs is 1. The lowest BCUT2D eigenvalue weighted by molar-refractivity contribution is 0.244. The van der Waals surface area contributed by atoms with Crippen LogP contribution in [0.3, 0.4) is 0 Å². The fourth-order valence-electron chi connectivity index (χ4n) is 2.21. The molecule has 3 nitrogen and oxygen atoms in total. The highest BCUT2D eigenvalue weighted by atomic mass is 32.2. The van der Waals surface area contributed by atoms with Crippen molar-refractivity contribution in [1.29, 1.82) is 0 Å². The minimum absolute atomic E-state index is 0.308. The van der Waals surface area contributed by atoms with Gasteiger partial charge in [0.2, 0.25) is 0 Å². The van der Waals surface area contributed by atoms with E-state index in [1.165, 1.54) is 24.0 Å². The SMILES string of the molecule is COc1ccc(C2Sc3c(F)cccc3N=CC2O)cc1. The first-order chi connectivity index (χ1) is 10.2. The Kier molecular flexibility index (Phi) is 3.94. The summed E-state index contributed by atoms with van der Waals surface area (Å²) in [5.41, 5.74) is 1.45. The van der Waals surface area contributed by atoms with E-state index in [-0.39, 0.29) is 11.1 Å². The summed E-state index contributed by atoms with van der Waals surface area (Å²) in [5, 5.41) is 9.96. The Morgan fingerprint density at radius 1 is 1.19 bits per heavy atom. The fourth-order valence-corrected chi connectivity index (χ4v) is 3.39. The molecular weight excluding hydrogens is 289 g/mol. The van der Waals surface area contributed by atoms with Gasteiger partial charge in [0.15, 0.2) is 0 Å². The molecule has 0 bridgehead atoms. The molecule has 0 saturated carbocycles. The zero-order valence-electron chi connectivity index (χ0n) is 11.4. The second kappa shape index (κ2) is 5.87. The summed E-state index contributed by atoms with van der Waals surface area (Å²) in [5.74, 6) is 0.425. The Morgan fingerprint density at radius 3 is 2.67 bits per heavy atom. The molecule has 2 unspecified atom stereocenters. The largest absolute Gasteiger partial charge is 0.497 e. The number of aliphatic hydroxyl groups excluding tert-OH is 1. The van der Waals surface area contributed by atoms with Crippen LogP contribution in [-0.2, 0) is 0 Å². The van der Waals surface area contributed by atoms with Gasteiger partial charge in [0, 0.05) is 6.21 Å². The van der Waals surface area contributed by atoms with E-state index in [0.717, 1.165) is 11.3 Å². The van der Waals surface area contributed by atoms with Crippen LogP contribution >= 0.6 is 11.8 Å². The van der Waals surface area contributed by atoms with Gasteiger partial charge in [-0.1, -0.05) is 18.2 Å². The van der Waals surface area contributed by atoms with Gasteiger partial charge < -0.3 is 9.84 Å². The standard InChI is InChI=1S/C16H14FNO2S/c1-20-11-7-5-10(6-8-11)15-14(19)9-18-13-4-2-3-12(17)16(13)21-15/h2-9,14-15,19H,1H3. The van der Waals surface area contributed by atoms with Crippen LogP contribution in [0.15, 0.2) is 52.4 Å². The van der Waals surface area contributed by atoms with Crippen LogP contribution in [0.25, 0.3) is 0 Å². The minimum Gasteiger partial charge on any atom is -0.497 e. The van der Waals surface area contributed by atoms with Gasteiger partial charge in [0.25, 0.3) is 0 Å². The van der Waals surface area contributed by atoms with E-state index in [1.54, 1.807) is 19.2 Å². The molecule has 1 aliphatic heterocycles. The number of thioether (sulfide) groups is 1. The Morgan fingerprint density at radius 2 is 1.95 bits per heavy atom. The molecule has 0 spiro atoms. The van der Waals surface area contributed by atoms with Crippen LogP contribution in [-0.4, -0.2) is 24.5 Å². The predicted octanol–water partition coefficient (Wildman–Crippen LogP) is 3.74. The zero-order valence-corrected chi connectivity index (χ0v) is 12.2. The first-order valence-corrected chi connectivity index (χ1v) is 7.38. The van der Waals surface area contributed by atoms with E-state index < -0.39 is 6.10 Å².